The number of H-pyrrole nitrogens is 4. The van der Waals surface area contributed by atoms with Gasteiger partial charge in [0.2, 0.25) is 0 Å². The molecular weight excluding hydrogens is 462 g/mol. The van der Waals surface area contributed by atoms with Crippen LogP contribution in [0.15, 0.2) is 49.6 Å². The van der Waals surface area contributed by atoms with E-state index in [1.54, 1.807) is 24.8 Å². The molecule has 0 amide bonds. The number of nitrogens with one attached hydrogen (secondary N) is 4. The molecule has 4 N–H and O–H groups in total. The van der Waals surface area contributed by atoms with E-state index < -0.39 is 39.4 Å². The van der Waals surface area contributed by atoms with Gasteiger partial charge in [0.05, 0.1) is 0 Å². The zero-order valence-electron chi connectivity index (χ0n) is 13.7. The number of aromatic amines is 4. The van der Waals surface area contributed by atoms with Gasteiger partial charge in [-0.3, -0.25) is 0 Å². The van der Waals surface area contributed by atoms with E-state index in [0.717, 1.165) is 0 Å². The molecule has 12 nitrogen and oxygen atoms in total. The first-order chi connectivity index (χ1) is 13.7. The number of carbonyl (C=O) groups excluding carboxylic acids is 2. The average Bonchev–Trinajstić information content (AvgIpc) is 3.53. The second-order valence-corrected chi connectivity index (χ2v) is 8.10. The molecule has 0 atom stereocenters. The van der Waals surface area contributed by atoms with Crippen LogP contribution in [-0.4, -0.2) is 51.8 Å². The second-order valence-electron chi connectivity index (χ2n) is 4.52. The molecule has 4 aromatic rings. The van der Waals surface area contributed by atoms with Gasteiger partial charge in [-0.15, -0.1) is 0 Å². The molecular formula is C14H12N8Ni2O4. The molecule has 4 aromatic heterocycles. The van der Waals surface area contributed by atoms with E-state index in [1.165, 1.54) is 24.8 Å². The number of hydrogen-bond acceptors (Lipinski definition) is 8. The summed E-state index contributed by atoms with van der Waals surface area (Å²) in [5, 5.41) is 0. The summed E-state index contributed by atoms with van der Waals surface area (Å²) in [6, 6.07) is 0. The van der Waals surface area contributed by atoms with Crippen LogP contribution in [0.5, 0.6) is 0 Å². The van der Waals surface area contributed by atoms with Crippen molar-refractivity contribution < 1.29 is 44.8 Å². The number of carbonyl (C=O) groups is 2. The summed E-state index contributed by atoms with van der Waals surface area (Å²) in [5.41, 5.74) is 0. The molecule has 4 heterocycles. The van der Waals surface area contributed by atoms with Crippen molar-refractivity contribution in [2.75, 3.05) is 0 Å². The van der Waals surface area contributed by atoms with E-state index in [-0.39, 0.29) is 0 Å². The molecule has 14 heteroatoms. The molecule has 0 fully saturated rings. The second kappa shape index (κ2) is 8.20. The molecule has 0 saturated carbocycles. The molecule has 0 aliphatic heterocycles. The number of aromatic nitrogens is 8. The van der Waals surface area contributed by atoms with Gasteiger partial charge in [-0.1, -0.05) is 0 Å². The van der Waals surface area contributed by atoms with Crippen molar-refractivity contribution in [3.63, 3.8) is 0 Å². The van der Waals surface area contributed by atoms with Crippen LogP contribution >= 0.6 is 0 Å². The topological polar surface area (TPSA) is 167 Å². The molecule has 0 radical (unpaired) electrons. The van der Waals surface area contributed by atoms with Gasteiger partial charge in [0.25, 0.3) is 0 Å². The summed E-state index contributed by atoms with van der Waals surface area (Å²) < 4.78 is 10.6. The molecule has 0 aliphatic carbocycles. The SMILES string of the molecule is O=C([O][Ni]([c]1ncc[nH]1)[c]1ncc[nH]1)C(=O)[O][Ni]([c]1ncc[nH]1)[c]1ncc[nH]1. The maximum absolute atomic E-state index is 12.4. The van der Waals surface area contributed by atoms with Crippen molar-refractivity contribution in [1.29, 1.82) is 0 Å². The number of hydrogen-bond donors (Lipinski definition) is 4. The molecule has 0 bridgehead atoms. The van der Waals surface area contributed by atoms with Gasteiger partial charge in [0.1, 0.15) is 0 Å². The van der Waals surface area contributed by atoms with Crippen molar-refractivity contribution >= 4 is 31.1 Å². The third kappa shape index (κ3) is 3.87. The number of rotatable bonds is 6. The molecule has 0 aliphatic rings. The predicted octanol–water partition coefficient (Wildman–Crippen LogP) is -2.67. The quantitative estimate of drug-likeness (QED) is 0.174. The van der Waals surface area contributed by atoms with E-state index in [9.17, 15) is 9.59 Å². The molecule has 28 heavy (non-hydrogen) atoms. The third-order valence-electron chi connectivity index (χ3n) is 2.75. The van der Waals surface area contributed by atoms with Crippen molar-refractivity contribution in [2.45, 2.75) is 0 Å². The zero-order chi connectivity index (χ0) is 19.3. The Labute approximate surface area is 165 Å². The number of nitrogens with zero attached hydrogens (tertiary/aromatic N) is 4. The van der Waals surface area contributed by atoms with Crippen molar-refractivity contribution in [3.8, 4) is 0 Å². The van der Waals surface area contributed by atoms with Crippen molar-refractivity contribution in [2.24, 2.45) is 0 Å². The summed E-state index contributed by atoms with van der Waals surface area (Å²) in [6.45, 7) is 0. The number of imidazole rings is 4. The summed E-state index contributed by atoms with van der Waals surface area (Å²) in [7, 11) is 0. The standard InChI is InChI=1S/4C3H3N2.C2H2O4.2Ni/c4*1-2-5-3-4-1;3-1(4)2(5)6;;/h4*1-2H,(H,4,5);(H,3,4)(H,5,6);;/q;;;;;2*+1/p-2. The van der Waals surface area contributed by atoms with Gasteiger partial charge in [-0.05, 0) is 0 Å². The van der Waals surface area contributed by atoms with Crippen molar-refractivity contribution in [1.82, 2.24) is 39.9 Å². The predicted molar refractivity (Wildman–Crippen MR) is 85.1 cm³/mol. The van der Waals surface area contributed by atoms with E-state index in [2.05, 4.69) is 39.9 Å². The van der Waals surface area contributed by atoms with Crippen LogP contribution in [0.1, 0.15) is 0 Å². The normalized spacial score (nSPS) is 11.7. The first-order valence-electron chi connectivity index (χ1n) is 7.37. The molecule has 0 aromatic carbocycles. The molecule has 0 unspecified atom stereocenters. The Morgan fingerprint density at radius 3 is 1.11 bits per heavy atom. The van der Waals surface area contributed by atoms with Crippen LogP contribution < -0.4 is 19.2 Å². The Hall–Kier alpha value is -3.23. The summed E-state index contributed by atoms with van der Waals surface area (Å²) >= 11 is -3.03. The molecule has 152 valence electrons. The van der Waals surface area contributed by atoms with Crippen LogP contribution in [0.25, 0.3) is 0 Å². The van der Waals surface area contributed by atoms with Gasteiger partial charge in [0, 0.05) is 0 Å². The van der Waals surface area contributed by atoms with Gasteiger partial charge < -0.3 is 0 Å². The van der Waals surface area contributed by atoms with Gasteiger partial charge in [-0.2, -0.15) is 0 Å². The van der Waals surface area contributed by atoms with E-state index in [4.69, 9.17) is 7.76 Å². The van der Waals surface area contributed by atoms with Gasteiger partial charge >= 0.3 is 165 Å². The average molecular weight is 474 g/mol. The molecule has 4 rings (SSSR count). The Morgan fingerprint density at radius 1 is 0.607 bits per heavy atom. The fourth-order valence-corrected chi connectivity index (χ4v) is 4.65. The van der Waals surface area contributed by atoms with Crippen LogP contribution in [0, 0.1) is 0 Å². The summed E-state index contributed by atoms with van der Waals surface area (Å²) in [6.07, 6.45) is 12.3. The summed E-state index contributed by atoms with van der Waals surface area (Å²) in [4.78, 5) is 53.8. The van der Waals surface area contributed by atoms with Gasteiger partial charge in [-0.25, -0.2) is 0 Å². The minimum absolute atomic E-state index is 0.341. The molecule has 0 spiro atoms. The first-order valence-corrected chi connectivity index (χ1v) is 10.2. The van der Waals surface area contributed by atoms with Gasteiger partial charge in [0.15, 0.2) is 0 Å². The van der Waals surface area contributed by atoms with Crippen LogP contribution in [0.2, 0.25) is 0 Å². The van der Waals surface area contributed by atoms with E-state index in [1.807, 2.05) is 0 Å². The Kier molecular flexibility index (Phi) is 5.31. The van der Waals surface area contributed by atoms with E-state index >= 15 is 0 Å². The maximum atomic E-state index is 12.4. The fraction of sp³-hybridized carbons (Fsp3) is 0. The van der Waals surface area contributed by atoms with Crippen LogP contribution in [-0.2, 0) is 44.8 Å². The minimum atomic E-state index is -1.52. The first kappa shape index (κ1) is 18.1. The van der Waals surface area contributed by atoms with Crippen LogP contribution in [0.3, 0.4) is 0 Å². The van der Waals surface area contributed by atoms with Crippen molar-refractivity contribution in [3.05, 3.63) is 49.6 Å². The third-order valence-corrected chi connectivity index (χ3v) is 6.30. The Bertz CT molecular complexity index is 865. The summed E-state index contributed by atoms with van der Waals surface area (Å²) in [5.74, 6) is -2.38. The zero-order valence-corrected chi connectivity index (χ0v) is 15.6. The van der Waals surface area contributed by atoms with E-state index in [0.29, 0.717) is 19.2 Å². The fourth-order valence-electron chi connectivity index (χ4n) is 1.69. The Morgan fingerprint density at radius 2 is 0.893 bits per heavy atom. The monoisotopic (exact) mass is 472 g/mol. The Balaban J connectivity index is 1.51. The van der Waals surface area contributed by atoms with Crippen LogP contribution in [0.4, 0.5) is 0 Å². The molecule has 0 saturated heterocycles.